The summed E-state index contributed by atoms with van der Waals surface area (Å²) in [5.74, 6) is -0.357. The molecule has 34 heavy (non-hydrogen) atoms. The zero-order valence-electron chi connectivity index (χ0n) is 17.8. The van der Waals surface area contributed by atoms with Crippen LogP contribution in [0.3, 0.4) is 0 Å². The van der Waals surface area contributed by atoms with Crippen molar-refractivity contribution in [1.82, 2.24) is 9.38 Å². The molecule has 2 aromatic heterocycles. The van der Waals surface area contributed by atoms with Crippen LogP contribution in [-0.4, -0.2) is 15.3 Å². The Bertz CT molecular complexity index is 1550. The maximum Gasteiger partial charge on any atom is 0.269 e. The minimum Gasteiger partial charge on any atom is -0.438 e. The molecule has 0 bridgehead atoms. The summed E-state index contributed by atoms with van der Waals surface area (Å²) in [6.07, 6.45) is 2.68. The van der Waals surface area contributed by atoms with Crippen LogP contribution >= 0.6 is 23.2 Å². The van der Waals surface area contributed by atoms with Gasteiger partial charge < -0.3 is 10.1 Å². The predicted octanol–water partition coefficient (Wildman–Crippen LogP) is 5.65. The van der Waals surface area contributed by atoms with Crippen molar-refractivity contribution in [3.63, 3.8) is 0 Å². The summed E-state index contributed by atoms with van der Waals surface area (Å²) >= 11 is 12.1. The number of nitrogens with zero attached hydrogens (tertiary/aromatic N) is 3. The van der Waals surface area contributed by atoms with Crippen molar-refractivity contribution in [2.75, 3.05) is 5.32 Å². The zero-order valence-corrected chi connectivity index (χ0v) is 19.3. The molecule has 0 aliphatic rings. The number of pyridine rings is 1. The Labute approximate surface area is 204 Å². The average Bonchev–Trinajstić information content (AvgIpc) is 2.82. The van der Waals surface area contributed by atoms with Crippen molar-refractivity contribution in [2.45, 2.75) is 6.92 Å². The number of carbonyl (C=O) groups is 1. The highest BCUT2D eigenvalue weighted by atomic mass is 35.5. The number of nitrogens with one attached hydrogen (secondary N) is 1. The third-order valence-electron chi connectivity index (χ3n) is 4.79. The topological polar surface area (TPSA) is 96.5 Å². The van der Waals surface area contributed by atoms with Gasteiger partial charge in [-0.3, -0.25) is 14.0 Å². The molecule has 0 spiro atoms. The molecule has 2 heterocycles. The SMILES string of the molecule is Cc1cccc(Oc2nc3ccccn3c(=O)c2/C=C(/C#N)C(=O)Nc2cccc(Cl)c2Cl)c1. The van der Waals surface area contributed by atoms with Crippen molar-refractivity contribution < 1.29 is 9.53 Å². The van der Waals surface area contributed by atoms with Crippen LogP contribution in [0.1, 0.15) is 11.1 Å². The van der Waals surface area contributed by atoms with Crippen LogP contribution in [0, 0.1) is 18.3 Å². The lowest BCUT2D eigenvalue weighted by Gasteiger charge is -2.11. The van der Waals surface area contributed by atoms with Gasteiger partial charge in [-0.1, -0.05) is 47.5 Å². The second-order valence-electron chi connectivity index (χ2n) is 7.21. The van der Waals surface area contributed by atoms with E-state index in [2.05, 4.69) is 10.3 Å². The van der Waals surface area contributed by atoms with E-state index >= 15 is 0 Å². The Morgan fingerprint density at radius 2 is 1.94 bits per heavy atom. The molecule has 7 nitrogen and oxygen atoms in total. The fraction of sp³-hybridized carbons (Fsp3) is 0.0400. The zero-order chi connectivity index (χ0) is 24.2. The van der Waals surface area contributed by atoms with E-state index in [1.807, 2.05) is 19.1 Å². The monoisotopic (exact) mass is 490 g/mol. The summed E-state index contributed by atoms with van der Waals surface area (Å²) in [7, 11) is 0. The van der Waals surface area contributed by atoms with Gasteiger partial charge >= 0.3 is 0 Å². The highest BCUT2D eigenvalue weighted by molar-refractivity contribution is 6.44. The summed E-state index contributed by atoms with van der Waals surface area (Å²) < 4.78 is 7.21. The number of anilines is 1. The summed E-state index contributed by atoms with van der Waals surface area (Å²) in [5.41, 5.74) is 0.608. The Hall–Kier alpha value is -4.12. The Balaban J connectivity index is 1.81. The third-order valence-corrected chi connectivity index (χ3v) is 5.61. The van der Waals surface area contributed by atoms with Gasteiger partial charge in [-0.2, -0.15) is 10.2 Å². The molecule has 2 aromatic carbocycles. The fourth-order valence-electron chi connectivity index (χ4n) is 3.16. The molecule has 0 aliphatic heterocycles. The van der Waals surface area contributed by atoms with E-state index in [0.717, 1.165) is 11.6 Å². The van der Waals surface area contributed by atoms with Crippen LogP contribution in [0.25, 0.3) is 11.7 Å². The normalized spacial score (nSPS) is 11.2. The van der Waals surface area contributed by atoms with E-state index in [1.165, 1.54) is 10.6 Å². The lowest BCUT2D eigenvalue weighted by atomic mass is 10.1. The van der Waals surface area contributed by atoms with Gasteiger partial charge in [0.2, 0.25) is 5.88 Å². The molecule has 4 aromatic rings. The molecule has 0 atom stereocenters. The van der Waals surface area contributed by atoms with Gasteiger partial charge in [0.05, 0.1) is 15.7 Å². The number of carbonyl (C=O) groups excluding carboxylic acids is 1. The van der Waals surface area contributed by atoms with E-state index in [0.29, 0.717) is 11.4 Å². The lowest BCUT2D eigenvalue weighted by molar-refractivity contribution is -0.112. The number of halogens is 2. The van der Waals surface area contributed by atoms with Crippen LogP contribution in [0.5, 0.6) is 11.6 Å². The molecule has 9 heteroatoms. The number of rotatable bonds is 5. The first-order valence-electron chi connectivity index (χ1n) is 10.0. The van der Waals surface area contributed by atoms with E-state index in [4.69, 9.17) is 27.9 Å². The van der Waals surface area contributed by atoms with Gasteiger partial charge in [0.25, 0.3) is 11.5 Å². The number of amides is 1. The van der Waals surface area contributed by atoms with Crippen LogP contribution in [-0.2, 0) is 4.79 Å². The van der Waals surface area contributed by atoms with Gasteiger partial charge in [-0.05, 0) is 55.0 Å². The summed E-state index contributed by atoms with van der Waals surface area (Å²) in [6.45, 7) is 1.90. The smallest absolute Gasteiger partial charge is 0.269 e. The standard InChI is InChI=1S/C25H16Cl2N4O3/c1-15-6-4-7-17(12-15)34-24-18(25(33)31-11-3-2-10-21(31)30-24)13-16(14-28)23(32)29-20-9-5-8-19(26)22(20)27/h2-13H,1H3,(H,29,32)/b16-13-. The maximum absolute atomic E-state index is 13.3. The van der Waals surface area contributed by atoms with Gasteiger partial charge in [0.1, 0.15) is 28.6 Å². The van der Waals surface area contributed by atoms with Crippen molar-refractivity contribution in [2.24, 2.45) is 0 Å². The van der Waals surface area contributed by atoms with Gasteiger partial charge in [-0.15, -0.1) is 0 Å². The van der Waals surface area contributed by atoms with E-state index in [-0.39, 0.29) is 32.7 Å². The number of fused-ring (bicyclic) bond motifs is 1. The highest BCUT2D eigenvalue weighted by Crippen LogP contribution is 2.30. The molecular weight excluding hydrogens is 475 g/mol. The molecule has 1 N–H and O–H groups in total. The predicted molar refractivity (Wildman–Crippen MR) is 131 cm³/mol. The Kier molecular flexibility index (Phi) is 6.64. The molecule has 0 unspecified atom stereocenters. The minimum absolute atomic E-state index is 0.0388. The molecule has 1 amide bonds. The van der Waals surface area contributed by atoms with Crippen molar-refractivity contribution in [3.8, 4) is 17.7 Å². The number of nitriles is 1. The number of aromatic nitrogens is 2. The quantitative estimate of drug-likeness (QED) is 0.288. The maximum atomic E-state index is 13.3. The van der Waals surface area contributed by atoms with Crippen LogP contribution in [0.15, 0.2) is 77.2 Å². The molecule has 0 aliphatic carbocycles. The minimum atomic E-state index is -0.772. The average molecular weight is 491 g/mol. The molecule has 0 fully saturated rings. The number of ether oxygens (including phenoxy) is 1. The first kappa shape index (κ1) is 23.1. The second-order valence-corrected chi connectivity index (χ2v) is 7.99. The fourth-order valence-corrected chi connectivity index (χ4v) is 3.50. The molecule has 0 saturated heterocycles. The Morgan fingerprint density at radius 1 is 1.15 bits per heavy atom. The number of aryl methyl sites for hydroxylation is 1. The van der Waals surface area contributed by atoms with Crippen molar-refractivity contribution in [3.05, 3.63) is 104 Å². The molecular formula is C25H16Cl2N4O3. The van der Waals surface area contributed by atoms with E-state index < -0.39 is 11.5 Å². The van der Waals surface area contributed by atoms with Crippen LogP contribution < -0.4 is 15.6 Å². The number of hydrogen-bond acceptors (Lipinski definition) is 5. The largest absolute Gasteiger partial charge is 0.438 e. The van der Waals surface area contributed by atoms with E-state index in [9.17, 15) is 14.9 Å². The van der Waals surface area contributed by atoms with E-state index in [1.54, 1.807) is 54.6 Å². The summed E-state index contributed by atoms with van der Waals surface area (Å²) in [5, 5.41) is 12.6. The van der Waals surface area contributed by atoms with Gasteiger partial charge in [0.15, 0.2) is 0 Å². The first-order valence-corrected chi connectivity index (χ1v) is 10.8. The number of benzene rings is 2. The van der Waals surface area contributed by atoms with Gasteiger partial charge in [0, 0.05) is 6.20 Å². The first-order chi connectivity index (χ1) is 16.4. The highest BCUT2D eigenvalue weighted by Gasteiger charge is 2.18. The molecule has 0 saturated carbocycles. The molecule has 168 valence electrons. The van der Waals surface area contributed by atoms with Crippen molar-refractivity contribution in [1.29, 1.82) is 5.26 Å². The summed E-state index contributed by atoms with van der Waals surface area (Å²) in [6, 6.07) is 18.8. The number of hydrogen-bond donors (Lipinski definition) is 1. The lowest BCUT2D eigenvalue weighted by Crippen LogP contribution is -2.20. The molecule has 4 rings (SSSR count). The van der Waals surface area contributed by atoms with Crippen LogP contribution in [0.4, 0.5) is 5.69 Å². The molecule has 0 radical (unpaired) electrons. The Morgan fingerprint density at radius 3 is 2.71 bits per heavy atom. The van der Waals surface area contributed by atoms with Crippen LogP contribution in [0.2, 0.25) is 10.0 Å². The van der Waals surface area contributed by atoms with Gasteiger partial charge in [-0.25, -0.2) is 0 Å². The second kappa shape index (κ2) is 9.79. The third kappa shape index (κ3) is 4.79. The van der Waals surface area contributed by atoms with Crippen molar-refractivity contribution >= 4 is 46.5 Å². The summed E-state index contributed by atoms with van der Waals surface area (Å²) in [4.78, 5) is 30.5.